The molecule has 6 nitrogen and oxygen atoms in total. The van der Waals surface area contributed by atoms with E-state index in [0.717, 1.165) is 10.4 Å². The number of nitriles is 1. The Morgan fingerprint density at radius 1 is 1.33 bits per heavy atom. The summed E-state index contributed by atoms with van der Waals surface area (Å²) in [5.74, 6) is -0.0587. The maximum atomic E-state index is 12.3. The van der Waals surface area contributed by atoms with Crippen molar-refractivity contribution in [1.82, 2.24) is 0 Å². The molecule has 24 heavy (non-hydrogen) atoms. The zero-order valence-corrected chi connectivity index (χ0v) is 14.5. The number of furan rings is 1. The van der Waals surface area contributed by atoms with E-state index in [1.165, 1.54) is 24.5 Å². The van der Waals surface area contributed by atoms with Gasteiger partial charge in [0.25, 0.3) is 5.91 Å². The second-order valence-corrected chi connectivity index (χ2v) is 6.28. The average Bonchev–Trinajstić information content (AvgIpc) is 3.08. The third-order valence-electron chi connectivity index (χ3n) is 3.41. The molecule has 0 saturated carbocycles. The summed E-state index contributed by atoms with van der Waals surface area (Å²) in [6.07, 6.45) is 1.35. The minimum Gasteiger partial charge on any atom is -0.465 e. The van der Waals surface area contributed by atoms with Gasteiger partial charge < -0.3 is 14.5 Å². The number of anilines is 1. The fraction of sp³-hybridized carbons (Fsp3) is 0.235. The fourth-order valence-corrected chi connectivity index (χ4v) is 3.10. The Morgan fingerprint density at radius 2 is 2.04 bits per heavy atom. The van der Waals surface area contributed by atoms with Gasteiger partial charge in [0, 0.05) is 11.0 Å². The van der Waals surface area contributed by atoms with Crippen molar-refractivity contribution >= 4 is 34.3 Å². The van der Waals surface area contributed by atoms with Crippen LogP contribution in [-0.2, 0) is 9.53 Å². The summed E-state index contributed by atoms with van der Waals surface area (Å²) in [4.78, 5) is 25.2. The molecular formula is C17H16N2O4S. The lowest BCUT2D eigenvalue weighted by molar-refractivity contribution is -0.112. The van der Waals surface area contributed by atoms with E-state index in [0.29, 0.717) is 22.1 Å². The molecule has 0 fully saturated rings. The molecule has 0 radical (unpaired) electrons. The predicted molar refractivity (Wildman–Crippen MR) is 90.8 cm³/mol. The number of methoxy groups -OCH3 is 1. The van der Waals surface area contributed by atoms with Gasteiger partial charge in [-0.1, -0.05) is 0 Å². The van der Waals surface area contributed by atoms with E-state index in [9.17, 15) is 14.9 Å². The smallest absolute Gasteiger partial charge is 0.341 e. The summed E-state index contributed by atoms with van der Waals surface area (Å²) in [6.45, 7) is 5.39. The highest BCUT2D eigenvalue weighted by Crippen LogP contribution is 2.33. The molecule has 0 atom stereocenters. The standard InChI is InChI=1S/C17H16N2O4S/c1-9-5-6-13(23-9)7-12(8-18)15(20)19-16-14(17(21)22-4)10(2)11(3)24-16/h5-7H,1-4H3,(H,19,20). The molecule has 1 amide bonds. The Balaban J connectivity index is 2.32. The van der Waals surface area contributed by atoms with Crippen LogP contribution in [0.25, 0.3) is 6.08 Å². The van der Waals surface area contributed by atoms with Gasteiger partial charge >= 0.3 is 5.97 Å². The van der Waals surface area contributed by atoms with Gasteiger partial charge in [-0.2, -0.15) is 5.26 Å². The molecule has 2 heterocycles. The fourth-order valence-electron chi connectivity index (χ4n) is 2.06. The maximum absolute atomic E-state index is 12.3. The van der Waals surface area contributed by atoms with Crippen LogP contribution in [0, 0.1) is 32.1 Å². The van der Waals surface area contributed by atoms with Crippen molar-refractivity contribution in [2.75, 3.05) is 12.4 Å². The maximum Gasteiger partial charge on any atom is 0.341 e. The summed E-state index contributed by atoms with van der Waals surface area (Å²) < 4.78 is 10.1. The van der Waals surface area contributed by atoms with Crippen molar-refractivity contribution in [1.29, 1.82) is 5.26 Å². The van der Waals surface area contributed by atoms with Crippen LogP contribution in [0.5, 0.6) is 0 Å². The Labute approximate surface area is 143 Å². The van der Waals surface area contributed by atoms with Crippen molar-refractivity contribution in [2.24, 2.45) is 0 Å². The molecular weight excluding hydrogens is 328 g/mol. The Kier molecular flexibility index (Phi) is 5.21. The normalized spacial score (nSPS) is 11.0. The molecule has 0 aliphatic carbocycles. The summed E-state index contributed by atoms with van der Waals surface area (Å²) in [7, 11) is 1.28. The van der Waals surface area contributed by atoms with E-state index in [-0.39, 0.29) is 5.57 Å². The van der Waals surface area contributed by atoms with Gasteiger partial charge in [-0.15, -0.1) is 11.3 Å². The molecule has 0 spiro atoms. The van der Waals surface area contributed by atoms with Crippen molar-refractivity contribution in [3.63, 3.8) is 0 Å². The third kappa shape index (κ3) is 3.55. The zero-order chi connectivity index (χ0) is 17.9. The summed E-state index contributed by atoms with van der Waals surface area (Å²) in [5.41, 5.74) is 0.926. The lowest BCUT2D eigenvalue weighted by atomic mass is 10.1. The number of hydrogen-bond donors (Lipinski definition) is 1. The molecule has 0 bridgehead atoms. The first-order chi connectivity index (χ1) is 11.4. The Morgan fingerprint density at radius 3 is 2.58 bits per heavy atom. The van der Waals surface area contributed by atoms with Crippen LogP contribution in [-0.4, -0.2) is 19.0 Å². The highest BCUT2D eigenvalue weighted by molar-refractivity contribution is 7.16. The molecule has 0 unspecified atom stereocenters. The van der Waals surface area contributed by atoms with Gasteiger partial charge in [0.2, 0.25) is 0 Å². The number of esters is 1. The number of nitrogens with one attached hydrogen (secondary N) is 1. The number of amides is 1. The number of ether oxygens (including phenoxy) is 1. The molecule has 2 rings (SSSR count). The second-order valence-electron chi connectivity index (χ2n) is 5.05. The van der Waals surface area contributed by atoms with Crippen molar-refractivity contribution in [3.05, 3.63) is 45.2 Å². The molecule has 2 aromatic rings. The minimum atomic E-state index is -0.613. The topological polar surface area (TPSA) is 92.3 Å². The van der Waals surface area contributed by atoms with Crippen LogP contribution < -0.4 is 5.32 Å². The van der Waals surface area contributed by atoms with E-state index >= 15 is 0 Å². The quantitative estimate of drug-likeness (QED) is 0.520. The lowest BCUT2D eigenvalue weighted by Crippen LogP contribution is -2.15. The number of carbonyl (C=O) groups is 2. The van der Waals surface area contributed by atoms with Gasteiger partial charge in [0.15, 0.2) is 0 Å². The lowest BCUT2D eigenvalue weighted by Gasteiger charge is -2.05. The second kappa shape index (κ2) is 7.15. The van der Waals surface area contributed by atoms with Crippen LogP contribution in [0.4, 0.5) is 5.00 Å². The van der Waals surface area contributed by atoms with Crippen LogP contribution in [0.3, 0.4) is 0 Å². The first-order valence-corrected chi connectivity index (χ1v) is 7.87. The Hall–Kier alpha value is -2.85. The number of rotatable bonds is 4. The largest absolute Gasteiger partial charge is 0.465 e. The van der Waals surface area contributed by atoms with Crippen molar-refractivity contribution in [2.45, 2.75) is 20.8 Å². The summed E-state index contributed by atoms with van der Waals surface area (Å²) in [5, 5.41) is 12.2. The SMILES string of the molecule is COC(=O)c1c(NC(=O)C(C#N)=Cc2ccc(C)o2)sc(C)c1C. The van der Waals surface area contributed by atoms with Gasteiger partial charge in [0.1, 0.15) is 28.2 Å². The number of carbonyl (C=O) groups excluding carboxylic acids is 2. The van der Waals surface area contributed by atoms with Crippen LogP contribution >= 0.6 is 11.3 Å². The first kappa shape index (κ1) is 17.5. The van der Waals surface area contributed by atoms with Crippen LogP contribution in [0.2, 0.25) is 0 Å². The van der Waals surface area contributed by atoms with Crippen LogP contribution in [0.15, 0.2) is 22.1 Å². The highest BCUT2D eigenvalue weighted by Gasteiger charge is 2.22. The Bertz CT molecular complexity index is 868. The van der Waals surface area contributed by atoms with Gasteiger partial charge in [-0.05, 0) is 38.5 Å². The number of hydrogen-bond acceptors (Lipinski definition) is 6. The third-order valence-corrected chi connectivity index (χ3v) is 4.54. The van der Waals surface area contributed by atoms with E-state index in [1.807, 2.05) is 13.0 Å². The van der Waals surface area contributed by atoms with Crippen molar-refractivity contribution in [3.8, 4) is 6.07 Å². The van der Waals surface area contributed by atoms with Crippen LogP contribution in [0.1, 0.15) is 32.3 Å². The van der Waals surface area contributed by atoms with E-state index in [4.69, 9.17) is 9.15 Å². The van der Waals surface area contributed by atoms with Gasteiger partial charge in [0.05, 0.1) is 12.7 Å². The summed E-state index contributed by atoms with van der Waals surface area (Å²) in [6, 6.07) is 5.24. The average molecular weight is 344 g/mol. The molecule has 7 heteroatoms. The highest BCUT2D eigenvalue weighted by atomic mass is 32.1. The van der Waals surface area contributed by atoms with E-state index < -0.39 is 11.9 Å². The molecule has 124 valence electrons. The molecule has 0 aliphatic heterocycles. The monoisotopic (exact) mass is 344 g/mol. The van der Waals surface area contributed by atoms with E-state index in [2.05, 4.69) is 5.32 Å². The zero-order valence-electron chi connectivity index (χ0n) is 13.7. The molecule has 0 saturated heterocycles. The van der Waals surface area contributed by atoms with Gasteiger partial charge in [-0.3, -0.25) is 4.79 Å². The van der Waals surface area contributed by atoms with Crippen molar-refractivity contribution < 1.29 is 18.7 Å². The van der Waals surface area contributed by atoms with E-state index in [1.54, 1.807) is 26.0 Å². The number of thiophene rings is 1. The molecule has 0 aliphatic rings. The number of nitrogens with zero attached hydrogens (tertiary/aromatic N) is 1. The molecule has 1 N–H and O–H groups in total. The summed E-state index contributed by atoms with van der Waals surface area (Å²) >= 11 is 1.26. The van der Waals surface area contributed by atoms with Gasteiger partial charge in [-0.25, -0.2) is 4.79 Å². The minimum absolute atomic E-state index is 0.121. The molecule has 0 aromatic carbocycles. The molecule has 2 aromatic heterocycles. The number of aryl methyl sites for hydroxylation is 2. The first-order valence-electron chi connectivity index (χ1n) is 7.05. The predicted octanol–water partition coefficient (Wildman–Crippen LogP) is 3.60.